The Morgan fingerprint density at radius 3 is 2.91 bits per heavy atom. The van der Waals surface area contributed by atoms with Crippen LogP contribution in [0.4, 0.5) is 15.8 Å². The van der Waals surface area contributed by atoms with Crippen molar-refractivity contribution in [3.63, 3.8) is 0 Å². The number of hydrogen-bond acceptors (Lipinski definition) is 7. The summed E-state index contributed by atoms with van der Waals surface area (Å²) in [5, 5.41) is 7.37. The summed E-state index contributed by atoms with van der Waals surface area (Å²) in [4.78, 5) is 20.7. The van der Waals surface area contributed by atoms with Crippen molar-refractivity contribution in [2.24, 2.45) is 0 Å². The molecule has 7 nitrogen and oxygen atoms in total. The van der Waals surface area contributed by atoms with Crippen LogP contribution in [0.3, 0.4) is 0 Å². The quantitative estimate of drug-likeness (QED) is 0.476. The van der Waals surface area contributed by atoms with Gasteiger partial charge in [-0.1, -0.05) is 6.07 Å². The van der Waals surface area contributed by atoms with Crippen LogP contribution in [0.2, 0.25) is 0 Å². The minimum atomic E-state index is -0.324. The number of nitrogens with zero attached hydrogens (tertiary/aromatic N) is 2. The molecule has 9 heteroatoms. The van der Waals surface area contributed by atoms with Crippen molar-refractivity contribution in [2.75, 3.05) is 30.3 Å². The third kappa shape index (κ3) is 4.67. The second-order valence-electron chi connectivity index (χ2n) is 9.60. The van der Waals surface area contributed by atoms with Gasteiger partial charge in [-0.05, 0) is 63.8 Å². The van der Waals surface area contributed by atoms with Gasteiger partial charge in [0.15, 0.2) is 11.6 Å². The molecule has 35 heavy (non-hydrogen) atoms. The number of aromatic nitrogens is 1. The molecule has 1 amide bonds. The van der Waals surface area contributed by atoms with Gasteiger partial charge in [-0.15, -0.1) is 11.3 Å². The molecule has 2 aliphatic rings. The summed E-state index contributed by atoms with van der Waals surface area (Å²) in [6, 6.07) is 8.12. The first-order valence-corrected chi connectivity index (χ1v) is 13.1. The number of ether oxygens (including phenoxy) is 1. The first-order chi connectivity index (χ1) is 16.8. The van der Waals surface area contributed by atoms with Gasteiger partial charge in [0, 0.05) is 36.3 Å². The normalized spacial score (nSPS) is 21.5. The number of anilines is 2. The number of halogens is 1. The zero-order valence-corrected chi connectivity index (χ0v) is 21.2. The van der Waals surface area contributed by atoms with Gasteiger partial charge >= 0.3 is 0 Å². The second-order valence-corrected chi connectivity index (χ2v) is 10.6. The molecule has 0 spiro atoms. The fourth-order valence-electron chi connectivity index (χ4n) is 5.08. The van der Waals surface area contributed by atoms with E-state index in [1.807, 2.05) is 38.1 Å². The van der Waals surface area contributed by atoms with Crippen LogP contribution in [0.5, 0.6) is 5.75 Å². The molecule has 3 atom stereocenters. The van der Waals surface area contributed by atoms with Gasteiger partial charge in [0.05, 0.1) is 17.4 Å². The molecule has 186 valence electrons. The largest absolute Gasteiger partial charge is 0.488 e. The van der Waals surface area contributed by atoms with Gasteiger partial charge < -0.3 is 26.0 Å². The number of benzene rings is 1. The summed E-state index contributed by atoms with van der Waals surface area (Å²) in [6.07, 6.45) is 2.74. The summed E-state index contributed by atoms with van der Waals surface area (Å²) in [7, 11) is 0. The van der Waals surface area contributed by atoms with E-state index in [4.69, 9.17) is 10.5 Å². The first kappa shape index (κ1) is 23.8. The monoisotopic (exact) mass is 497 g/mol. The third-order valence-corrected chi connectivity index (χ3v) is 8.07. The van der Waals surface area contributed by atoms with E-state index < -0.39 is 0 Å². The molecule has 1 saturated heterocycles. The van der Waals surface area contributed by atoms with Crippen molar-refractivity contribution >= 4 is 38.8 Å². The number of rotatable bonds is 6. The molecule has 0 aliphatic carbocycles. The Balaban J connectivity index is 1.29. The maximum atomic E-state index is 15.5. The van der Waals surface area contributed by atoms with Crippen LogP contribution in [-0.2, 0) is 6.42 Å². The van der Waals surface area contributed by atoms with Crippen LogP contribution in [0.25, 0.3) is 10.2 Å². The predicted octanol–water partition coefficient (Wildman–Crippen LogP) is 4.03. The van der Waals surface area contributed by atoms with Crippen LogP contribution in [0, 0.1) is 12.7 Å². The number of likely N-dealkylation sites (N-methyl/N-ethyl adjacent to an activating group) is 1. The van der Waals surface area contributed by atoms with Crippen molar-refractivity contribution < 1.29 is 13.9 Å². The first-order valence-electron chi connectivity index (χ1n) is 12.3. The molecule has 2 aromatic heterocycles. The van der Waals surface area contributed by atoms with Gasteiger partial charge in [0.25, 0.3) is 5.91 Å². The fraction of sp³-hybridized carbons (Fsp3) is 0.462. The lowest BCUT2D eigenvalue weighted by Gasteiger charge is -2.31. The molecule has 0 radical (unpaired) electrons. The van der Waals surface area contributed by atoms with E-state index in [1.54, 1.807) is 0 Å². The molecule has 1 aromatic carbocycles. The highest BCUT2D eigenvalue weighted by Gasteiger charge is 2.29. The Hall–Kier alpha value is -2.91. The molecule has 1 fully saturated rings. The Labute approximate surface area is 208 Å². The Kier molecular flexibility index (Phi) is 6.55. The van der Waals surface area contributed by atoms with Crippen LogP contribution in [0.15, 0.2) is 24.3 Å². The van der Waals surface area contributed by atoms with Crippen molar-refractivity contribution in [1.29, 1.82) is 0 Å². The molecule has 4 N–H and O–H groups in total. The highest BCUT2D eigenvalue weighted by molar-refractivity contribution is 7.21. The van der Waals surface area contributed by atoms with E-state index in [1.165, 1.54) is 11.3 Å². The number of pyridine rings is 1. The summed E-state index contributed by atoms with van der Waals surface area (Å²) >= 11 is 1.28. The van der Waals surface area contributed by atoms with Crippen molar-refractivity contribution in [1.82, 2.24) is 15.6 Å². The molecule has 2 aliphatic heterocycles. The molecule has 0 saturated carbocycles. The van der Waals surface area contributed by atoms with Gasteiger partial charge in [-0.25, -0.2) is 9.37 Å². The lowest BCUT2D eigenvalue weighted by Crippen LogP contribution is -2.43. The average molecular weight is 498 g/mol. The number of thiophene rings is 1. The van der Waals surface area contributed by atoms with Crippen LogP contribution in [-0.4, -0.2) is 48.7 Å². The molecule has 2 unspecified atom stereocenters. The number of carbonyl (C=O) groups is 1. The third-order valence-electron chi connectivity index (χ3n) is 6.96. The van der Waals surface area contributed by atoms with E-state index in [9.17, 15) is 4.79 Å². The van der Waals surface area contributed by atoms with Gasteiger partial charge in [0.1, 0.15) is 16.3 Å². The Morgan fingerprint density at radius 2 is 2.17 bits per heavy atom. The van der Waals surface area contributed by atoms with Crippen LogP contribution >= 0.6 is 11.3 Å². The fourth-order valence-corrected chi connectivity index (χ4v) is 6.13. The molecule has 5 rings (SSSR count). The SMILES string of the molecule is CCN(CC1CCC(C)N1)c1ccc2c(c1F)OC[C@H](NC(=O)c1sc3nc(C)ccc3c1N)C2. The Bertz CT molecular complexity index is 1260. The van der Waals surface area contributed by atoms with Gasteiger partial charge in [0.2, 0.25) is 0 Å². The zero-order chi connectivity index (χ0) is 24.7. The number of nitrogens with one attached hydrogen (secondary N) is 2. The summed E-state index contributed by atoms with van der Waals surface area (Å²) < 4.78 is 21.4. The number of carbonyl (C=O) groups excluding carboxylic acids is 1. The van der Waals surface area contributed by atoms with E-state index in [2.05, 4.69) is 27.4 Å². The maximum absolute atomic E-state index is 15.5. The molecular weight excluding hydrogens is 465 g/mol. The number of hydrogen-bond donors (Lipinski definition) is 3. The molecule has 3 aromatic rings. The number of amides is 1. The average Bonchev–Trinajstić information content (AvgIpc) is 3.40. The molecule has 4 heterocycles. The minimum Gasteiger partial charge on any atom is -0.488 e. The van der Waals surface area contributed by atoms with E-state index in [-0.39, 0.29) is 24.4 Å². The zero-order valence-electron chi connectivity index (χ0n) is 20.4. The highest BCUT2D eigenvalue weighted by Crippen LogP contribution is 2.36. The smallest absolute Gasteiger partial charge is 0.263 e. The highest BCUT2D eigenvalue weighted by atomic mass is 32.1. The Morgan fingerprint density at radius 1 is 1.34 bits per heavy atom. The summed E-state index contributed by atoms with van der Waals surface area (Å²) in [5.74, 6) is -0.289. The summed E-state index contributed by atoms with van der Waals surface area (Å²) in [6.45, 7) is 7.81. The lowest BCUT2D eigenvalue weighted by atomic mass is 10.0. The number of nitrogens with two attached hydrogens (primary N) is 1. The van der Waals surface area contributed by atoms with Crippen molar-refractivity contribution in [2.45, 2.75) is 58.2 Å². The standard InChI is InChI=1S/C26H32FN5O2S/c1-4-32(12-17-8-5-14(2)29-17)20-10-7-16-11-18(13-34-23(16)21(20)27)31-25(33)24-22(28)19-9-6-15(3)30-26(19)35-24/h6-7,9-10,14,17-18,29H,4-5,8,11-13,28H2,1-3H3,(H,31,33)/t14?,17?,18-/m1/s1. The minimum absolute atomic E-state index is 0.203. The van der Waals surface area contributed by atoms with Crippen LogP contribution < -0.4 is 26.0 Å². The van der Waals surface area contributed by atoms with Gasteiger partial charge in [-0.3, -0.25) is 4.79 Å². The van der Waals surface area contributed by atoms with E-state index >= 15 is 4.39 Å². The second kappa shape index (κ2) is 9.62. The maximum Gasteiger partial charge on any atom is 0.263 e. The number of nitrogen functional groups attached to an aromatic ring is 1. The van der Waals surface area contributed by atoms with Crippen molar-refractivity contribution in [3.8, 4) is 5.75 Å². The predicted molar refractivity (Wildman–Crippen MR) is 139 cm³/mol. The lowest BCUT2D eigenvalue weighted by molar-refractivity contribution is 0.0919. The molecule has 0 bridgehead atoms. The number of aryl methyl sites for hydroxylation is 1. The van der Waals surface area contributed by atoms with Crippen LogP contribution in [0.1, 0.15) is 47.6 Å². The van der Waals surface area contributed by atoms with E-state index in [0.29, 0.717) is 47.1 Å². The summed E-state index contributed by atoms with van der Waals surface area (Å²) in [5.41, 5.74) is 8.87. The van der Waals surface area contributed by atoms with Gasteiger partial charge in [-0.2, -0.15) is 0 Å². The van der Waals surface area contributed by atoms with Crippen molar-refractivity contribution in [3.05, 3.63) is 46.2 Å². The van der Waals surface area contributed by atoms with E-state index in [0.717, 1.165) is 40.9 Å². The number of fused-ring (bicyclic) bond motifs is 2. The topological polar surface area (TPSA) is 92.5 Å². The molecular formula is C26H32FN5O2S.